The standard InChI is InChI=1S/C22H31N5O3S/c28-21-19-17-6-7-26(22(29)24-16-4-2-1-3-5-16)14-18(17)31-20(19)23-15-27(21)9-8-25-10-12-30-13-11-25/h15-16H,1-14H2,(H,24,29). The van der Waals surface area contributed by atoms with Gasteiger partial charge in [0.05, 0.1) is 31.5 Å². The Balaban J connectivity index is 1.29. The van der Waals surface area contributed by atoms with Crippen molar-refractivity contribution in [2.45, 2.75) is 57.7 Å². The molecule has 0 spiro atoms. The molecule has 5 rings (SSSR count). The molecule has 1 N–H and O–H groups in total. The Morgan fingerprint density at radius 2 is 1.97 bits per heavy atom. The zero-order chi connectivity index (χ0) is 21.2. The smallest absolute Gasteiger partial charge is 0.317 e. The average molecular weight is 446 g/mol. The normalized spacial score (nSPS) is 20.7. The van der Waals surface area contributed by atoms with Crippen LogP contribution in [0.4, 0.5) is 4.79 Å². The monoisotopic (exact) mass is 445 g/mol. The van der Waals surface area contributed by atoms with Gasteiger partial charge in [0.2, 0.25) is 0 Å². The largest absolute Gasteiger partial charge is 0.379 e. The summed E-state index contributed by atoms with van der Waals surface area (Å²) < 4.78 is 7.14. The summed E-state index contributed by atoms with van der Waals surface area (Å²) in [6.07, 6.45) is 8.25. The molecular weight excluding hydrogens is 414 g/mol. The summed E-state index contributed by atoms with van der Waals surface area (Å²) in [5.74, 6) is 0. The minimum atomic E-state index is 0.0332. The molecule has 4 heterocycles. The number of carbonyl (C=O) groups excluding carboxylic acids is 1. The van der Waals surface area contributed by atoms with E-state index >= 15 is 0 Å². The first-order chi connectivity index (χ1) is 15.2. The average Bonchev–Trinajstić information content (AvgIpc) is 3.18. The van der Waals surface area contributed by atoms with Crippen LogP contribution in [0, 0.1) is 0 Å². The van der Waals surface area contributed by atoms with E-state index < -0.39 is 0 Å². The van der Waals surface area contributed by atoms with E-state index in [-0.39, 0.29) is 11.6 Å². The number of aromatic nitrogens is 2. The van der Waals surface area contributed by atoms with Gasteiger partial charge >= 0.3 is 6.03 Å². The summed E-state index contributed by atoms with van der Waals surface area (Å²) in [5.41, 5.74) is 1.15. The number of hydrogen-bond donors (Lipinski definition) is 1. The predicted molar refractivity (Wildman–Crippen MR) is 121 cm³/mol. The van der Waals surface area contributed by atoms with Gasteiger partial charge in [-0.3, -0.25) is 14.3 Å². The Bertz CT molecular complexity index is 991. The van der Waals surface area contributed by atoms with Crippen molar-refractivity contribution in [3.8, 4) is 0 Å². The highest BCUT2D eigenvalue weighted by Gasteiger charge is 2.28. The van der Waals surface area contributed by atoms with E-state index in [9.17, 15) is 9.59 Å². The van der Waals surface area contributed by atoms with Crippen molar-refractivity contribution in [2.24, 2.45) is 0 Å². The molecule has 31 heavy (non-hydrogen) atoms. The fraction of sp³-hybridized carbons (Fsp3) is 0.682. The Kier molecular flexibility index (Phi) is 6.24. The zero-order valence-corrected chi connectivity index (χ0v) is 18.8. The highest BCUT2D eigenvalue weighted by Crippen LogP contribution is 2.32. The van der Waals surface area contributed by atoms with Crippen LogP contribution in [0.1, 0.15) is 42.5 Å². The lowest BCUT2D eigenvalue weighted by Gasteiger charge is -2.30. The van der Waals surface area contributed by atoms with E-state index in [0.717, 1.165) is 72.8 Å². The molecule has 0 aromatic carbocycles. The van der Waals surface area contributed by atoms with Crippen LogP contribution >= 0.6 is 11.3 Å². The topological polar surface area (TPSA) is 79.7 Å². The van der Waals surface area contributed by atoms with Crippen LogP contribution in [0.25, 0.3) is 10.2 Å². The molecule has 0 bridgehead atoms. The minimum Gasteiger partial charge on any atom is -0.379 e. The van der Waals surface area contributed by atoms with Gasteiger partial charge in [0.1, 0.15) is 4.83 Å². The molecule has 1 aliphatic carbocycles. The van der Waals surface area contributed by atoms with Crippen LogP contribution in [-0.2, 0) is 24.2 Å². The van der Waals surface area contributed by atoms with Gasteiger partial charge in [-0.15, -0.1) is 11.3 Å². The van der Waals surface area contributed by atoms with E-state index in [1.807, 2.05) is 4.90 Å². The number of fused-ring (bicyclic) bond motifs is 3. The lowest BCUT2D eigenvalue weighted by atomic mass is 9.96. The quantitative estimate of drug-likeness (QED) is 0.781. The molecule has 2 fully saturated rings. The lowest BCUT2D eigenvalue weighted by Crippen LogP contribution is -2.47. The summed E-state index contributed by atoms with van der Waals surface area (Å²) in [4.78, 5) is 36.7. The Morgan fingerprint density at radius 3 is 2.77 bits per heavy atom. The van der Waals surface area contributed by atoms with Gasteiger partial charge in [-0.05, 0) is 24.8 Å². The molecule has 168 valence electrons. The molecule has 0 unspecified atom stereocenters. The molecule has 9 heteroatoms. The van der Waals surface area contributed by atoms with Gasteiger partial charge in [-0.2, -0.15) is 0 Å². The van der Waals surface area contributed by atoms with Crippen molar-refractivity contribution in [2.75, 3.05) is 39.4 Å². The minimum absolute atomic E-state index is 0.0332. The molecule has 2 aromatic heterocycles. The third kappa shape index (κ3) is 4.49. The first-order valence-corrected chi connectivity index (χ1v) is 12.4. The number of urea groups is 1. The Hall–Kier alpha value is -1.97. The van der Waals surface area contributed by atoms with Crippen molar-refractivity contribution in [1.82, 2.24) is 24.7 Å². The fourth-order valence-corrected chi connectivity index (χ4v) is 6.13. The first-order valence-electron chi connectivity index (χ1n) is 11.5. The Morgan fingerprint density at radius 1 is 1.16 bits per heavy atom. The van der Waals surface area contributed by atoms with Crippen molar-refractivity contribution < 1.29 is 9.53 Å². The SMILES string of the molecule is O=C(NC1CCCCC1)N1CCc2c(sc3ncn(CCN4CCOCC4)c(=O)c23)C1. The molecule has 1 saturated carbocycles. The second kappa shape index (κ2) is 9.26. The highest BCUT2D eigenvalue weighted by atomic mass is 32.1. The van der Waals surface area contributed by atoms with Gasteiger partial charge in [-0.1, -0.05) is 19.3 Å². The summed E-state index contributed by atoms with van der Waals surface area (Å²) in [6, 6.07) is 0.344. The number of hydrogen-bond acceptors (Lipinski definition) is 6. The summed E-state index contributed by atoms with van der Waals surface area (Å²) in [6.45, 7) is 6.04. The molecule has 2 aliphatic heterocycles. The van der Waals surface area contributed by atoms with Crippen LogP contribution in [0.15, 0.2) is 11.1 Å². The first kappa shape index (κ1) is 20.9. The van der Waals surface area contributed by atoms with Gasteiger partial charge < -0.3 is 15.0 Å². The number of thiophene rings is 1. The van der Waals surface area contributed by atoms with Crippen molar-refractivity contribution in [3.63, 3.8) is 0 Å². The molecule has 2 aromatic rings. The van der Waals surface area contributed by atoms with Gasteiger partial charge in [0.15, 0.2) is 0 Å². The van der Waals surface area contributed by atoms with Crippen molar-refractivity contribution in [1.29, 1.82) is 0 Å². The number of nitrogens with zero attached hydrogens (tertiary/aromatic N) is 4. The third-order valence-corrected chi connectivity index (χ3v) is 7.93. The second-order valence-corrected chi connectivity index (χ2v) is 9.92. The second-order valence-electron chi connectivity index (χ2n) is 8.84. The number of nitrogens with one attached hydrogen (secondary N) is 1. The maximum atomic E-state index is 13.2. The fourth-order valence-electron chi connectivity index (χ4n) is 4.94. The van der Waals surface area contributed by atoms with E-state index in [4.69, 9.17) is 4.74 Å². The van der Waals surface area contributed by atoms with Gasteiger partial charge in [0, 0.05) is 43.6 Å². The van der Waals surface area contributed by atoms with Gasteiger partial charge in [-0.25, -0.2) is 9.78 Å². The molecule has 3 aliphatic rings. The molecular formula is C22H31N5O3S. The summed E-state index contributed by atoms with van der Waals surface area (Å²) in [7, 11) is 0. The number of ether oxygens (including phenoxy) is 1. The lowest BCUT2D eigenvalue weighted by molar-refractivity contribution is 0.0362. The van der Waals surface area contributed by atoms with E-state index in [1.165, 1.54) is 19.3 Å². The van der Waals surface area contributed by atoms with Crippen molar-refractivity contribution in [3.05, 3.63) is 27.1 Å². The zero-order valence-electron chi connectivity index (χ0n) is 18.0. The molecule has 1 saturated heterocycles. The van der Waals surface area contributed by atoms with Crippen LogP contribution in [0.5, 0.6) is 0 Å². The summed E-state index contributed by atoms with van der Waals surface area (Å²) >= 11 is 1.56. The summed E-state index contributed by atoms with van der Waals surface area (Å²) in [5, 5.41) is 3.98. The van der Waals surface area contributed by atoms with Gasteiger partial charge in [0.25, 0.3) is 5.56 Å². The number of rotatable bonds is 4. The molecule has 0 radical (unpaired) electrons. The molecule has 8 nitrogen and oxygen atoms in total. The van der Waals surface area contributed by atoms with Crippen molar-refractivity contribution >= 4 is 27.6 Å². The third-order valence-electron chi connectivity index (χ3n) is 6.81. The number of carbonyl (C=O) groups is 1. The number of morpholine rings is 1. The van der Waals surface area contributed by atoms with E-state index in [1.54, 1.807) is 22.2 Å². The van der Waals surface area contributed by atoms with Crippen LogP contribution in [0.2, 0.25) is 0 Å². The molecule has 0 atom stereocenters. The number of amides is 2. The maximum absolute atomic E-state index is 13.2. The predicted octanol–water partition coefficient (Wildman–Crippen LogP) is 2.19. The van der Waals surface area contributed by atoms with E-state index in [2.05, 4.69) is 15.2 Å². The Labute approximate surface area is 186 Å². The van der Waals surface area contributed by atoms with Crippen LogP contribution < -0.4 is 10.9 Å². The highest BCUT2D eigenvalue weighted by molar-refractivity contribution is 7.18. The van der Waals surface area contributed by atoms with Crippen LogP contribution in [0.3, 0.4) is 0 Å². The maximum Gasteiger partial charge on any atom is 0.317 e. The van der Waals surface area contributed by atoms with Crippen LogP contribution in [-0.4, -0.2) is 70.8 Å². The molecule has 2 amide bonds. The van der Waals surface area contributed by atoms with E-state index in [0.29, 0.717) is 25.7 Å².